The molecule has 6 nitrogen and oxygen atoms in total. The Morgan fingerprint density at radius 3 is 2.59 bits per heavy atom. The number of carbonyl (C=O) groups is 2. The van der Waals surface area contributed by atoms with Gasteiger partial charge in [0.1, 0.15) is 5.69 Å². The Labute approximate surface area is 170 Å². The molecule has 4 rings (SSSR count). The molecule has 29 heavy (non-hydrogen) atoms. The van der Waals surface area contributed by atoms with E-state index in [1.54, 1.807) is 12.1 Å². The van der Waals surface area contributed by atoms with E-state index in [-0.39, 0.29) is 29.7 Å². The van der Waals surface area contributed by atoms with Crippen molar-refractivity contribution in [2.75, 3.05) is 6.61 Å². The molecule has 1 aromatic carbocycles. The van der Waals surface area contributed by atoms with Gasteiger partial charge in [-0.15, -0.1) is 0 Å². The van der Waals surface area contributed by atoms with Gasteiger partial charge in [0, 0.05) is 6.20 Å². The highest BCUT2D eigenvalue weighted by Gasteiger charge is 2.41. The molecule has 0 radical (unpaired) electrons. The molecule has 2 heterocycles. The number of rotatable bonds is 7. The van der Waals surface area contributed by atoms with Gasteiger partial charge in [0.2, 0.25) is 0 Å². The largest absolute Gasteiger partial charge is 0.490 e. The number of hydrogen-bond acceptors (Lipinski definition) is 5. The minimum atomic E-state index is -0.385. The average Bonchev–Trinajstić information content (AvgIpc) is 3.33. The van der Waals surface area contributed by atoms with E-state index in [0.717, 1.165) is 24.2 Å². The number of hydrogen-bond donors (Lipinski definition) is 0. The van der Waals surface area contributed by atoms with Gasteiger partial charge in [0.05, 0.1) is 24.3 Å². The molecule has 1 aromatic heterocycles. The van der Waals surface area contributed by atoms with E-state index < -0.39 is 0 Å². The molecular formula is C23H26N2O4. The maximum absolute atomic E-state index is 12.9. The van der Waals surface area contributed by atoms with Crippen LogP contribution in [-0.2, 0) is 0 Å². The first-order valence-electron chi connectivity index (χ1n) is 10.4. The van der Waals surface area contributed by atoms with Crippen LogP contribution in [0.1, 0.15) is 78.4 Å². The minimum Gasteiger partial charge on any atom is -0.490 e. The molecule has 1 fully saturated rings. The first kappa shape index (κ1) is 19.4. The van der Waals surface area contributed by atoms with Crippen LogP contribution >= 0.6 is 0 Å². The summed E-state index contributed by atoms with van der Waals surface area (Å²) in [6.07, 6.45) is 6.87. The lowest BCUT2D eigenvalue weighted by molar-refractivity contribution is 0.0575. The summed E-state index contributed by atoms with van der Waals surface area (Å²) in [5.74, 6) is 0.738. The van der Waals surface area contributed by atoms with Crippen molar-refractivity contribution in [3.63, 3.8) is 0 Å². The molecule has 1 saturated carbocycles. The Kier molecular flexibility index (Phi) is 5.51. The predicted octanol–water partition coefficient (Wildman–Crippen LogP) is 4.55. The van der Waals surface area contributed by atoms with Gasteiger partial charge in [-0.3, -0.25) is 19.5 Å². The SMILES string of the molecule is CCOc1cc(C(CC)N2C(=O)c3cccnc3C2=O)ccc1OC1CCCC1. The van der Waals surface area contributed by atoms with E-state index in [1.165, 1.54) is 23.9 Å². The smallest absolute Gasteiger partial charge is 0.280 e. The number of carbonyl (C=O) groups excluding carboxylic acids is 2. The Bertz CT molecular complexity index is 886. The van der Waals surface area contributed by atoms with Crippen LogP contribution in [0.15, 0.2) is 36.5 Å². The maximum Gasteiger partial charge on any atom is 0.280 e. The Morgan fingerprint density at radius 2 is 1.90 bits per heavy atom. The van der Waals surface area contributed by atoms with Gasteiger partial charge in [-0.05, 0) is 68.9 Å². The Hall–Kier alpha value is -2.89. The minimum absolute atomic E-state index is 0.224. The fourth-order valence-electron chi connectivity index (χ4n) is 4.22. The summed E-state index contributed by atoms with van der Waals surface area (Å²) in [4.78, 5) is 31.2. The summed E-state index contributed by atoms with van der Waals surface area (Å²) in [6.45, 7) is 4.41. The topological polar surface area (TPSA) is 68.7 Å². The van der Waals surface area contributed by atoms with E-state index in [4.69, 9.17) is 9.47 Å². The Balaban J connectivity index is 1.64. The molecule has 1 aliphatic heterocycles. The highest BCUT2D eigenvalue weighted by molar-refractivity contribution is 6.20. The molecule has 0 saturated heterocycles. The number of aromatic nitrogens is 1. The van der Waals surface area contributed by atoms with Crippen molar-refractivity contribution >= 4 is 11.8 Å². The molecule has 1 aliphatic carbocycles. The molecule has 152 valence electrons. The number of fused-ring (bicyclic) bond motifs is 1. The quantitative estimate of drug-likeness (QED) is 0.645. The number of amides is 2. The van der Waals surface area contributed by atoms with Gasteiger partial charge in [-0.2, -0.15) is 0 Å². The number of benzene rings is 1. The average molecular weight is 394 g/mol. The van der Waals surface area contributed by atoms with E-state index >= 15 is 0 Å². The van der Waals surface area contributed by atoms with Crippen molar-refractivity contribution in [2.24, 2.45) is 0 Å². The Morgan fingerprint density at radius 1 is 1.10 bits per heavy atom. The second-order valence-corrected chi connectivity index (χ2v) is 7.47. The molecule has 2 aliphatic rings. The summed E-state index contributed by atoms with van der Waals surface area (Å²) in [7, 11) is 0. The zero-order valence-corrected chi connectivity index (χ0v) is 16.9. The zero-order valence-electron chi connectivity index (χ0n) is 16.9. The third kappa shape index (κ3) is 3.59. The monoisotopic (exact) mass is 394 g/mol. The lowest BCUT2D eigenvalue weighted by atomic mass is 10.0. The maximum atomic E-state index is 12.9. The standard InChI is InChI=1S/C23H26N2O4/c1-3-18(25-22(26)17-10-7-13-24-21(17)23(25)27)15-11-12-19(20(14-15)28-4-2)29-16-8-5-6-9-16/h7,10-14,16,18H,3-6,8-9H2,1-2H3. The molecule has 0 bridgehead atoms. The van der Waals surface area contributed by atoms with E-state index in [9.17, 15) is 9.59 Å². The fraction of sp³-hybridized carbons (Fsp3) is 0.435. The second-order valence-electron chi connectivity index (χ2n) is 7.47. The van der Waals surface area contributed by atoms with Crippen LogP contribution in [0.2, 0.25) is 0 Å². The fourth-order valence-corrected chi connectivity index (χ4v) is 4.22. The summed E-state index contributed by atoms with van der Waals surface area (Å²) in [6, 6.07) is 8.68. The van der Waals surface area contributed by atoms with Crippen molar-refractivity contribution in [2.45, 2.75) is 58.1 Å². The van der Waals surface area contributed by atoms with Gasteiger partial charge in [-0.1, -0.05) is 13.0 Å². The lowest BCUT2D eigenvalue weighted by Crippen LogP contribution is -2.34. The van der Waals surface area contributed by atoms with Crippen LogP contribution in [0.5, 0.6) is 11.5 Å². The van der Waals surface area contributed by atoms with Crippen molar-refractivity contribution in [1.82, 2.24) is 9.88 Å². The van der Waals surface area contributed by atoms with Crippen molar-refractivity contribution < 1.29 is 19.1 Å². The van der Waals surface area contributed by atoms with Gasteiger partial charge >= 0.3 is 0 Å². The molecule has 0 spiro atoms. The first-order chi connectivity index (χ1) is 14.1. The van der Waals surface area contributed by atoms with Gasteiger partial charge < -0.3 is 9.47 Å². The van der Waals surface area contributed by atoms with Crippen LogP contribution in [0, 0.1) is 0 Å². The molecule has 6 heteroatoms. The third-order valence-corrected chi connectivity index (χ3v) is 5.62. The number of nitrogens with zero attached hydrogens (tertiary/aromatic N) is 2. The molecule has 1 unspecified atom stereocenters. The predicted molar refractivity (Wildman–Crippen MR) is 108 cm³/mol. The molecule has 2 amide bonds. The lowest BCUT2D eigenvalue weighted by Gasteiger charge is -2.26. The highest BCUT2D eigenvalue weighted by atomic mass is 16.5. The van der Waals surface area contributed by atoms with Crippen molar-refractivity contribution in [3.8, 4) is 11.5 Å². The summed E-state index contributed by atoms with van der Waals surface area (Å²) < 4.78 is 12.0. The third-order valence-electron chi connectivity index (χ3n) is 5.62. The van der Waals surface area contributed by atoms with Gasteiger partial charge in [-0.25, -0.2) is 0 Å². The van der Waals surface area contributed by atoms with E-state index in [2.05, 4.69) is 4.98 Å². The molecule has 1 atom stereocenters. The van der Waals surface area contributed by atoms with Crippen LogP contribution in [-0.4, -0.2) is 34.4 Å². The van der Waals surface area contributed by atoms with Crippen molar-refractivity contribution in [1.29, 1.82) is 0 Å². The second kappa shape index (κ2) is 8.23. The van der Waals surface area contributed by atoms with Gasteiger partial charge in [0.15, 0.2) is 11.5 Å². The molecule has 2 aromatic rings. The summed E-state index contributed by atoms with van der Waals surface area (Å²) >= 11 is 0. The van der Waals surface area contributed by atoms with E-state index in [0.29, 0.717) is 24.3 Å². The van der Waals surface area contributed by atoms with Crippen LogP contribution in [0.4, 0.5) is 0 Å². The molecule has 0 N–H and O–H groups in total. The van der Waals surface area contributed by atoms with Gasteiger partial charge in [0.25, 0.3) is 11.8 Å². The summed E-state index contributed by atoms with van der Waals surface area (Å²) in [5.41, 5.74) is 1.44. The number of imide groups is 1. The first-order valence-corrected chi connectivity index (χ1v) is 10.4. The number of pyridine rings is 1. The number of ether oxygens (including phenoxy) is 2. The van der Waals surface area contributed by atoms with Crippen LogP contribution in [0.3, 0.4) is 0 Å². The van der Waals surface area contributed by atoms with Crippen LogP contribution in [0.25, 0.3) is 0 Å². The normalized spacial score (nSPS) is 17.5. The zero-order chi connectivity index (χ0) is 20.4. The summed E-state index contributed by atoms with van der Waals surface area (Å²) in [5, 5.41) is 0. The van der Waals surface area contributed by atoms with E-state index in [1.807, 2.05) is 32.0 Å². The highest BCUT2D eigenvalue weighted by Crippen LogP contribution is 2.38. The van der Waals surface area contributed by atoms with Crippen LogP contribution < -0.4 is 9.47 Å². The van der Waals surface area contributed by atoms with Crippen molar-refractivity contribution in [3.05, 3.63) is 53.3 Å². The molecular weight excluding hydrogens is 368 g/mol.